The second kappa shape index (κ2) is 6.16. The Hall–Kier alpha value is -1.40. The van der Waals surface area contributed by atoms with Crippen molar-refractivity contribution in [3.63, 3.8) is 0 Å². The molecule has 1 aromatic heterocycles. The molecule has 2 atom stereocenters. The lowest BCUT2D eigenvalue weighted by atomic mass is 10.1. The summed E-state index contributed by atoms with van der Waals surface area (Å²) < 4.78 is 0.906. The zero-order valence-corrected chi connectivity index (χ0v) is 12.1. The van der Waals surface area contributed by atoms with Crippen LogP contribution in [0.15, 0.2) is 28.8 Å². The van der Waals surface area contributed by atoms with Crippen LogP contribution in [0.1, 0.15) is 12.1 Å². The molecule has 5 nitrogen and oxygen atoms in total. The molecule has 3 N–H and O–H groups in total. The number of aromatic nitrogens is 1. The molecular weight excluding hydrogens is 310 g/mol. The van der Waals surface area contributed by atoms with Crippen LogP contribution >= 0.6 is 15.9 Å². The topological polar surface area (TPSA) is 74.2 Å². The summed E-state index contributed by atoms with van der Waals surface area (Å²) in [5, 5.41) is 14.5. The summed E-state index contributed by atoms with van der Waals surface area (Å²) in [7, 11) is 0. The predicted molar refractivity (Wildman–Crippen MR) is 76.9 cm³/mol. The summed E-state index contributed by atoms with van der Waals surface area (Å²) in [5.41, 5.74) is 0.818. The molecule has 0 radical (unpaired) electrons. The first-order chi connectivity index (χ1) is 9.08. The number of carbonyl (C=O) groups excluding carboxylic acids is 1. The number of pyridine rings is 1. The number of halogens is 1. The van der Waals surface area contributed by atoms with E-state index in [1.165, 1.54) is 0 Å². The Balaban J connectivity index is 1.88. The first-order valence-corrected chi connectivity index (χ1v) is 6.87. The highest BCUT2D eigenvalue weighted by Gasteiger charge is 2.19. The molecule has 2 rings (SSSR count). The Bertz CT molecular complexity index is 505. The van der Waals surface area contributed by atoms with Gasteiger partial charge in [-0.25, -0.2) is 9.78 Å². The Morgan fingerprint density at radius 2 is 2.32 bits per heavy atom. The van der Waals surface area contributed by atoms with E-state index in [2.05, 4.69) is 31.5 Å². The number of aliphatic hydroxyl groups is 1. The van der Waals surface area contributed by atoms with Gasteiger partial charge in [-0.05, 0) is 41.4 Å². The fourth-order valence-corrected chi connectivity index (χ4v) is 2.17. The van der Waals surface area contributed by atoms with Crippen LogP contribution in [0.2, 0.25) is 0 Å². The van der Waals surface area contributed by atoms with E-state index in [9.17, 15) is 4.79 Å². The summed E-state index contributed by atoms with van der Waals surface area (Å²) in [6, 6.07) is 3.25. The van der Waals surface area contributed by atoms with Crippen LogP contribution in [0.25, 0.3) is 0 Å². The molecule has 102 valence electrons. The van der Waals surface area contributed by atoms with E-state index in [1.807, 2.05) is 25.1 Å². The highest BCUT2D eigenvalue weighted by Crippen LogP contribution is 2.18. The molecule has 1 aliphatic rings. The van der Waals surface area contributed by atoms with E-state index in [1.54, 1.807) is 6.07 Å². The first kappa shape index (κ1) is 14.0. The van der Waals surface area contributed by atoms with Crippen LogP contribution < -0.4 is 10.6 Å². The Labute approximate surface area is 120 Å². The van der Waals surface area contributed by atoms with Gasteiger partial charge in [-0.1, -0.05) is 12.2 Å². The summed E-state index contributed by atoms with van der Waals surface area (Å²) >= 11 is 3.36. The van der Waals surface area contributed by atoms with Crippen molar-refractivity contribution >= 4 is 27.8 Å². The molecular formula is C13H16BrN3O2. The number of carbonyl (C=O) groups is 1. The molecule has 0 fully saturated rings. The minimum Gasteiger partial charge on any atom is -0.396 e. The summed E-state index contributed by atoms with van der Waals surface area (Å²) in [5.74, 6) is 0.650. The van der Waals surface area contributed by atoms with Gasteiger partial charge >= 0.3 is 6.03 Å². The van der Waals surface area contributed by atoms with Crippen molar-refractivity contribution in [1.29, 1.82) is 0 Å². The van der Waals surface area contributed by atoms with Crippen LogP contribution in [-0.4, -0.2) is 28.8 Å². The number of aryl methyl sites for hydroxylation is 1. The van der Waals surface area contributed by atoms with Gasteiger partial charge in [-0.15, -0.1) is 0 Å². The minimum absolute atomic E-state index is 0.0336. The number of aliphatic hydroxyl groups excluding tert-OH is 1. The van der Waals surface area contributed by atoms with Crippen molar-refractivity contribution < 1.29 is 9.90 Å². The van der Waals surface area contributed by atoms with Gasteiger partial charge in [0.25, 0.3) is 0 Å². The number of rotatable bonds is 3. The van der Waals surface area contributed by atoms with Gasteiger partial charge in [-0.2, -0.15) is 0 Å². The van der Waals surface area contributed by atoms with Crippen LogP contribution in [0, 0.1) is 12.8 Å². The van der Waals surface area contributed by atoms with Crippen LogP contribution in [0.5, 0.6) is 0 Å². The van der Waals surface area contributed by atoms with E-state index in [0.29, 0.717) is 5.82 Å². The third-order valence-electron chi connectivity index (χ3n) is 2.99. The zero-order chi connectivity index (χ0) is 13.8. The summed E-state index contributed by atoms with van der Waals surface area (Å²) in [6.07, 6.45) is 4.56. The maximum Gasteiger partial charge on any atom is 0.320 e. The second-order valence-electron chi connectivity index (χ2n) is 4.53. The molecule has 0 unspecified atom stereocenters. The monoisotopic (exact) mass is 325 g/mol. The number of urea groups is 1. The molecule has 0 aromatic carbocycles. The van der Waals surface area contributed by atoms with E-state index in [0.717, 1.165) is 16.6 Å². The second-order valence-corrected chi connectivity index (χ2v) is 5.39. The molecule has 2 amide bonds. The van der Waals surface area contributed by atoms with Crippen LogP contribution in [0.4, 0.5) is 10.6 Å². The Morgan fingerprint density at radius 1 is 1.53 bits per heavy atom. The highest BCUT2D eigenvalue weighted by atomic mass is 79.9. The van der Waals surface area contributed by atoms with Crippen molar-refractivity contribution in [2.75, 3.05) is 11.9 Å². The van der Waals surface area contributed by atoms with Gasteiger partial charge in [0.1, 0.15) is 5.82 Å². The lowest BCUT2D eigenvalue weighted by Gasteiger charge is -2.13. The third-order valence-corrected chi connectivity index (χ3v) is 3.82. The number of anilines is 1. The average Bonchev–Trinajstić information content (AvgIpc) is 2.81. The summed E-state index contributed by atoms with van der Waals surface area (Å²) in [6.45, 7) is 1.97. The van der Waals surface area contributed by atoms with Crippen molar-refractivity contribution in [3.8, 4) is 0 Å². The fourth-order valence-electron chi connectivity index (χ4n) is 1.95. The van der Waals surface area contributed by atoms with Gasteiger partial charge < -0.3 is 10.4 Å². The number of nitrogens with zero attached hydrogens (tertiary/aromatic N) is 1. The standard InChI is InChI=1S/C13H16BrN3O2/c1-8-11(14)4-5-12(15-8)17-13(19)16-10-3-2-9(6-10)7-18/h2-5,9-10,18H,6-7H2,1H3,(H2,15,16,17,19)/t9-,10+/m0/s1. The molecule has 1 aromatic rings. The highest BCUT2D eigenvalue weighted by molar-refractivity contribution is 9.10. The third kappa shape index (κ3) is 3.78. The number of hydrogen-bond donors (Lipinski definition) is 3. The number of amides is 2. The minimum atomic E-state index is -0.289. The Morgan fingerprint density at radius 3 is 2.95 bits per heavy atom. The molecule has 0 saturated heterocycles. The molecule has 0 aliphatic heterocycles. The summed E-state index contributed by atoms with van der Waals surface area (Å²) in [4.78, 5) is 16.0. The van der Waals surface area contributed by atoms with Gasteiger partial charge in [0.15, 0.2) is 0 Å². The van der Waals surface area contributed by atoms with E-state index in [-0.39, 0.29) is 24.6 Å². The first-order valence-electron chi connectivity index (χ1n) is 6.08. The lowest BCUT2D eigenvalue weighted by molar-refractivity contribution is 0.238. The maximum absolute atomic E-state index is 11.8. The van der Waals surface area contributed by atoms with Crippen molar-refractivity contribution in [1.82, 2.24) is 10.3 Å². The van der Waals surface area contributed by atoms with Gasteiger partial charge in [0.05, 0.1) is 5.69 Å². The average molecular weight is 326 g/mol. The molecule has 19 heavy (non-hydrogen) atoms. The lowest BCUT2D eigenvalue weighted by Crippen LogP contribution is -2.36. The largest absolute Gasteiger partial charge is 0.396 e. The van der Waals surface area contributed by atoms with E-state index < -0.39 is 0 Å². The van der Waals surface area contributed by atoms with E-state index >= 15 is 0 Å². The quantitative estimate of drug-likeness (QED) is 0.746. The molecule has 1 heterocycles. The van der Waals surface area contributed by atoms with Gasteiger partial charge in [0.2, 0.25) is 0 Å². The van der Waals surface area contributed by atoms with Gasteiger partial charge in [0, 0.05) is 23.0 Å². The molecule has 0 saturated carbocycles. The molecule has 0 spiro atoms. The van der Waals surface area contributed by atoms with Crippen LogP contribution in [0.3, 0.4) is 0 Å². The van der Waals surface area contributed by atoms with Crippen molar-refractivity contribution in [2.45, 2.75) is 19.4 Å². The zero-order valence-electron chi connectivity index (χ0n) is 10.6. The van der Waals surface area contributed by atoms with Crippen molar-refractivity contribution in [3.05, 3.63) is 34.5 Å². The predicted octanol–water partition coefficient (Wildman–Crippen LogP) is 2.21. The molecule has 0 bridgehead atoms. The normalized spacial score (nSPS) is 21.4. The van der Waals surface area contributed by atoms with Crippen molar-refractivity contribution in [2.24, 2.45) is 5.92 Å². The molecule has 6 heteroatoms. The molecule has 1 aliphatic carbocycles. The van der Waals surface area contributed by atoms with Crippen LogP contribution in [-0.2, 0) is 0 Å². The Kier molecular flexibility index (Phi) is 4.55. The number of hydrogen-bond acceptors (Lipinski definition) is 3. The van der Waals surface area contributed by atoms with E-state index in [4.69, 9.17) is 5.11 Å². The van der Waals surface area contributed by atoms with Gasteiger partial charge in [-0.3, -0.25) is 5.32 Å². The number of nitrogens with one attached hydrogen (secondary N) is 2. The SMILES string of the molecule is Cc1nc(NC(=O)N[C@@H]2C=C[C@H](CO)C2)ccc1Br. The fraction of sp³-hybridized carbons (Fsp3) is 0.385. The maximum atomic E-state index is 11.8. The smallest absolute Gasteiger partial charge is 0.320 e.